The maximum Gasteiger partial charge on any atom is 0.494 e. The molecule has 5 unspecified atom stereocenters. The standard InChI is InChI=1S/C30H39BN4O5/c1-15(2)23(34-28(37)38-8)27(36)35-22(14-20-16(3)25(20)35)26-32-21-12-9-17-13-18(10-11-19(17)24(21)33-26)31-39-29(4,5)30(6,7)40-31/h9-13,15-16,20,22-23,25H,14H2,1-8H3,(H,32,33)(H,34,37). The van der Waals surface area contributed by atoms with Gasteiger partial charge in [-0.15, -0.1) is 0 Å². The van der Waals surface area contributed by atoms with Crippen LogP contribution in [0.5, 0.6) is 0 Å². The van der Waals surface area contributed by atoms with Crippen LogP contribution >= 0.6 is 0 Å². The predicted octanol–water partition coefficient (Wildman–Crippen LogP) is 4.30. The van der Waals surface area contributed by atoms with Gasteiger partial charge in [-0.1, -0.05) is 45.0 Å². The molecule has 3 aromatic rings. The maximum absolute atomic E-state index is 13.9. The first-order valence-electron chi connectivity index (χ1n) is 14.3. The lowest BCUT2D eigenvalue weighted by molar-refractivity contribution is -0.137. The van der Waals surface area contributed by atoms with E-state index in [1.54, 1.807) is 0 Å². The normalized spacial score (nSPS) is 27.3. The Kier molecular flexibility index (Phi) is 6.23. The number of hydrogen-bond donors (Lipinski definition) is 2. The summed E-state index contributed by atoms with van der Waals surface area (Å²) >= 11 is 0. The van der Waals surface area contributed by atoms with Crippen LogP contribution in [0.15, 0.2) is 30.3 Å². The van der Waals surface area contributed by atoms with Crippen molar-refractivity contribution in [2.75, 3.05) is 7.11 Å². The molecule has 1 aromatic heterocycles. The summed E-state index contributed by atoms with van der Waals surface area (Å²) in [7, 11) is 0.880. The van der Waals surface area contributed by atoms with E-state index < -0.39 is 30.5 Å². The summed E-state index contributed by atoms with van der Waals surface area (Å²) in [5.41, 5.74) is 1.97. The van der Waals surface area contributed by atoms with Crippen LogP contribution < -0.4 is 10.8 Å². The number of likely N-dealkylation sites (tertiary alicyclic amines) is 1. The van der Waals surface area contributed by atoms with Crippen molar-refractivity contribution < 1.29 is 23.6 Å². The summed E-state index contributed by atoms with van der Waals surface area (Å²) in [5, 5.41) is 4.84. The van der Waals surface area contributed by atoms with E-state index in [0.717, 1.165) is 39.5 Å². The number of carbonyl (C=O) groups is 2. The Morgan fingerprint density at radius 1 is 1.15 bits per heavy atom. The van der Waals surface area contributed by atoms with Crippen molar-refractivity contribution in [2.45, 2.75) is 84.2 Å². The van der Waals surface area contributed by atoms with Crippen molar-refractivity contribution in [3.05, 3.63) is 36.2 Å². The number of methoxy groups -OCH3 is 1. The van der Waals surface area contributed by atoms with Crippen LogP contribution in [-0.2, 0) is 18.8 Å². The second kappa shape index (κ2) is 9.21. The van der Waals surface area contributed by atoms with Gasteiger partial charge in [0.2, 0.25) is 5.91 Å². The number of piperidine rings is 1. The average Bonchev–Trinajstić information content (AvgIpc) is 3.25. The number of ether oxygens (including phenoxy) is 1. The summed E-state index contributed by atoms with van der Waals surface area (Å²) in [6.07, 6.45) is 0.253. The summed E-state index contributed by atoms with van der Waals surface area (Å²) in [6.45, 7) is 14.3. The molecule has 5 atom stereocenters. The molecule has 0 bridgehead atoms. The number of alkyl carbamates (subject to hydrolysis) is 1. The fourth-order valence-electron chi connectivity index (χ4n) is 6.44. The first-order chi connectivity index (χ1) is 18.8. The van der Waals surface area contributed by atoms with Gasteiger partial charge in [0.1, 0.15) is 11.9 Å². The van der Waals surface area contributed by atoms with Gasteiger partial charge in [0.05, 0.1) is 35.4 Å². The van der Waals surface area contributed by atoms with Gasteiger partial charge in [-0.3, -0.25) is 4.79 Å². The van der Waals surface area contributed by atoms with Crippen molar-refractivity contribution in [3.8, 4) is 0 Å². The number of amides is 2. The second-order valence-corrected chi connectivity index (χ2v) is 13.0. The molecule has 3 fully saturated rings. The minimum Gasteiger partial charge on any atom is -0.453 e. The number of rotatable bonds is 5. The predicted molar refractivity (Wildman–Crippen MR) is 154 cm³/mol. The molecule has 10 heteroatoms. The quantitative estimate of drug-likeness (QED) is 0.463. The Morgan fingerprint density at radius 3 is 2.50 bits per heavy atom. The van der Waals surface area contributed by atoms with E-state index in [1.807, 2.05) is 30.9 Å². The molecule has 212 valence electrons. The number of fused-ring (bicyclic) bond motifs is 4. The molecule has 6 rings (SSSR count). The Hall–Kier alpha value is -3.11. The van der Waals surface area contributed by atoms with Crippen molar-refractivity contribution >= 4 is 46.4 Å². The summed E-state index contributed by atoms with van der Waals surface area (Å²) in [5.74, 6) is 1.49. The average molecular weight is 546 g/mol. The molecule has 0 spiro atoms. The number of benzene rings is 2. The van der Waals surface area contributed by atoms with Crippen LogP contribution in [0.4, 0.5) is 4.79 Å². The van der Waals surface area contributed by atoms with Gasteiger partial charge in [-0.25, -0.2) is 9.78 Å². The molecular formula is C30H39BN4O5. The third-order valence-corrected chi connectivity index (χ3v) is 9.66. The molecule has 2 N–H and O–H groups in total. The van der Waals surface area contributed by atoms with E-state index in [4.69, 9.17) is 19.0 Å². The third kappa shape index (κ3) is 4.18. The highest BCUT2D eigenvalue weighted by molar-refractivity contribution is 6.62. The Labute approximate surface area is 235 Å². The maximum atomic E-state index is 13.9. The minimum atomic E-state index is -0.667. The molecule has 1 saturated carbocycles. The molecule has 3 heterocycles. The first-order valence-corrected chi connectivity index (χ1v) is 14.3. The number of H-pyrrole nitrogens is 1. The Balaban J connectivity index is 1.32. The number of nitrogens with zero attached hydrogens (tertiary/aromatic N) is 2. The number of imidazole rings is 1. The minimum absolute atomic E-state index is 0.0837. The van der Waals surface area contributed by atoms with E-state index in [2.05, 4.69) is 63.1 Å². The summed E-state index contributed by atoms with van der Waals surface area (Å²) < 4.78 is 17.3. The lowest BCUT2D eigenvalue weighted by Crippen LogP contribution is -2.52. The van der Waals surface area contributed by atoms with E-state index in [1.165, 1.54) is 7.11 Å². The number of carbonyl (C=O) groups excluding carboxylic acids is 2. The molecule has 0 radical (unpaired) electrons. The van der Waals surface area contributed by atoms with E-state index in [-0.39, 0.29) is 23.9 Å². The van der Waals surface area contributed by atoms with E-state index >= 15 is 0 Å². The second-order valence-electron chi connectivity index (χ2n) is 13.0. The monoisotopic (exact) mass is 546 g/mol. The zero-order chi connectivity index (χ0) is 28.7. The fraction of sp³-hybridized carbons (Fsp3) is 0.567. The van der Waals surface area contributed by atoms with Gasteiger partial charge in [0.25, 0.3) is 0 Å². The summed E-state index contributed by atoms with van der Waals surface area (Å²) in [6, 6.07) is 9.68. The van der Waals surface area contributed by atoms with Crippen LogP contribution in [-0.4, -0.2) is 64.4 Å². The molecule has 2 saturated heterocycles. The topological polar surface area (TPSA) is 106 Å². The SMILES string of the molecule is COC(=O)NC(C(=O)N1C(c2nc3c(ccc4cc(B5OC(C)(C)C(C)(C)O5)ccc43)[nH]2)CC2C(C)C21)C(C)C. The highest BCUT2D eigenvalue weighted by atomic mass is 16.7. The zero-order valence-electron chi connectivity index (χ0n) is 24.6. The number of aromatic amines is 1. The Bertz CT molecular complexity index is 1480. The molecule has 2 amide bonds. The van der Waals surface area contributed by atoms with Gasteiger partial charge < -0.3 is 29.2 Å². The van der Waals surface area contributed by atoms with Crippen molar-refractivity contribution in [1.29, 1.82) is 0 Å². The smallest absolute Gasteiger partial charge is 0.453 e. The van der Waals surface area contributed by atoms with E-state index in [9.17, 15) is 9.59 Å². The molecule has 1 aliphatic carbocycles. The van der Waals surface area contributed by atoms with Crippen LogP contribution in [0.25, 0.3) is 21.8 Å². The largest absolute Gasteiger partial charge is 0.494 e. The molecule has 40 heavy (non-hydrogen) atoms. The lowest BCUT2D eigenvalue weighted by atomic mass is 9.78. The highest BCUT2D eigenvalue weighted by Crippen LogP contribution is 2.57. The number of nitrogens with one attached hydrogen (secondary N) is 2. The summed E-state index contributed by atoms with van der Waals surface area (Å²) in [4.78, 5) is 36.5. The molecule has 3 aliphatic rings. The van der Waals surface area contributed by atoms with Crippen LogP contribution in [0.3, 0.4) is 0 Å². The highest BCUT2D eigenvalue weighted by Gasteiger charge is 2.61. The molecule has 2 aromatic carbocycles. The van der Waals surface area contributed by atoms with Gasteiger partial charge in [0, 0.05) is 11.4 Å². The Morgan fingerprint density at radius 2 is 1.85 bits per heavy atom. The van der Waals surface area contributed by atoms with Crippen LogP contribution in [0, 0.1) is 17.8 Å². The molecule has 2 aliphatic heterocycles. The van der Waals surface area contributed by atoms with Crippen molar-refractivity contribution in [3.63, 3.8) is 0 Å². The van der Waals surface area contributed by atoms with Crippen molar-refractivity contribution in [2.24, 2.45) is 17.8 Å². The van der Waals surface area contributed by atoms with Gasteiger partial charge in [-0.2, -0.15) is 0 Å². The number of hydrogen-bond acceptors (Lipinski definition) is 6. The van der Waals surface area contributed by atoms with Gasteiger partial charge in [0.15, 0.2) is 0 Å². The third-order valence-electron chi connectivity index (χ3n) is 9.66. The lowest BCUT2D eigenvalue weighted by Gasteiger charge is -2.32. The molecule has 9 nitrogen and oxygen atoms in total. The van der Waals surface area contributed by atoms with Crippen LogP contribution in [0.1, 0.15) is 66.8 Å². The van der Waals surface area contributed by atoms with Gasteiger partial charge in [-0.05, 0) is 68.8 Å². The zero-order valence-corrected chi connectivity index (χ0v) is 24.6. The number of aromatic nitrogens is 2. The van der Waals surface area contributed by atoms with Crippen molar-refractivity contribution in [1.82, 2.24) is 20.2 Å². The first kappa shape index (κ1) is 27.1. The van der Waals surface area contributed by atoms with Gasteiger partial charge >= 0.3 is 13.2 Å². The fourth-order valence-corrected chi connectivity index (χ4v) is 6.44. The van der Waals surface area contributed by atoms with E-state index in [0.29, 0.717) is 11.8 Å². The van der Waals surface area contributed by atoms with Crippen LogP contribution in [0.2, 0.25) is 0 Å². The molecular weight excluding hydrogens is 507 g/mol.